The van der Waals surface area contributed by atoms with Gasteiger partial charge in [0.15, 0.2) is 17.5 Å². The second kappa shape index (κ2) is 11.0. The molecule has 1 heterocycles. The molecule has 0 spiro atoms. The smallest absolute Gasteiger partial charge is 0.194 e. The SMILES string of the molecule is CCNC(=NCC(C)Oc1ccccc1F)N(C)Cc1cnn(C)c1.I. The van der Waals surface area contributed by atoms with Crippen LogP contribution in [0.25, 0.3) is 0 Å². The highest BCUT2D eigenvalue weighted by Crippen LogP contribution is 2.17. The number of guanidine groups is 1. The predicted octanol–water partition coefficient (Wildman–Crippen LogP) is 3.04. The number of para-hydroxylation sites is 1. The fourth-order valence-electron chi connectivity index (χ4n) is 2.38. The lowest BCUT2D eigenvalue weighted by Gasteiger charge is -2.22. The summed E-state index contributed by atoms with van der Waals surface area (Å²) in [7, 11) is 3.86. The Morgan fingerprint density at radius 2 is 2.15 bits per heavy atom. The molecule has 26 heavy (non-hydrogen) atoms. The van der Waals surface area contributed by atoms with Gasteiger partial charge in [-0.15, -0.1) is 24.0 Å². The predicted molar refractivity (Wildman–Crippen MR) is 113 cm³/mol. The maximum Gasteiger partial charge on any atom is 0.194 e. The van der Waals surface area contributed by atoms with E-state index >= 15 is 0 Å². The van der Waals surface area contributed by atoms with Crippen molar-refractivity contribution in [2.45, 2.75) is 26.5 Å². The first-order valence-electron chi connectivity index (χ1n) is 8.37. The van der Waals surface area contributed by atoms with E-state index in [0.717, 1.165) is 18.1 Å². The van der Waals surface area contributed by atoms with Crippen LogP contribution in [0.3, 0.4) is 0 Å². The van der Waals surface area contributed by atoms with Gasteiger partial charge in [0.2, 0.25) is 0 Å². The van der Waals surface area contributed by atoms with Gasteiger partial charge in [-0.3, -0.25) is 4.68 Å². The first-order chi connectivity index (χ1) is 12.0. The molecule has 0 bridgehead atoms. The Labute approximate surface area is 171 Å². The summed E-state index contributed by atoms with van der Waals surface area (Å²) in [5.41, 5.74) is 1.10. The molecule has 1 atom stereocenters. The molecule has 0 aliphatic heterocycles. The van der Waals surface area contributed by atoms with Crippen LogP contribution < -0.4 is 10.1 Å². The van der Waals surface area contributed by atoms with Gasteiger partial charge in [0.1, 0.15) is 6.10 Å². The van der Waals surface area contributed by atoms with Crippen molar-refractivity contribution in [2.24, 2.45) is 12.0 Å². The highest BCUT2D eigenvalue weighted by atomic mass is 127. The van der Waals surface area contributed by atoms with E-state index in [2.05, 4.69) is 15.4 Å². The fraction of sp³-hybridized carbons (Fsp3) is 0.444. The number of benzene rings is 1. The van der Waals surface area contributed by atoms with Gasteiger partial charge < -0.3 is 15.0 Å². The van der Waals surface area contributed by atoms with Crippen LogP contribution in [-0.2, 0) is 13.6 Å². The molecule has 1 N–H and O–H groups in total. The van der Waals surface area contributed by atoms with E-state index in [4.69, 9.17) is 4.74 Å². The number of halogens is 2. The third-order valence-electron chi connectivity index (χ3n) is 3.54. The summed E-state index contributed by atoms with van der Waals surface area (Å²) in [5.74, 6) is 0.660. The molecule has 0 aliphatic carbocycles. The van der Waals surface area contributed by atoms with Crippen LogP contribution in [-0.4, -0.2) is 46.9 Å². The molecule has 2 rings (SSSR count). The number of hydrogen-bond donors (Lipinski definition) is 1. The van der Waals surface area contributed by atoms with Crippen molar-refractivity contribution in [3.05, 3.63) is 48.0 Å². The average molecular weight is 475 g/mol. The molecule has 6 nitrogen and oxygen atoms in total. The van der Waals surface area contributed by atoms with Crippen molar-refractivity contribution in [3.63, 3.8) is 0 Å². The van der Waals surface area contributed by atoms with Crippen LogP contribution in [0.15, 0.2) is 41.7 Å². The Hall–Kier alpha value is -1.84. The lowest BCUT2D eigenvalue weighted by atomic mass is 10.3. The van der Waals surface area contributed by atoms with Gasteiger partial charge in [-0.05, 0) is 26.0 Å². The van der Waals surface area contributed by atoms with Gasteiger partial charge in [0, 0.05) is 38.9 Å². The molecule has 0 saturated heterocycles. The Morgan fingerprint density at radius 1 is 1.42 bits per heavy atom. The van der Waals surface area contributed by atoms with Crippen molar-refractivity contribution < 1.29 is 9.13 Å². The molecule has 2 aromatic rings. The Balaban J connectivity index is 0.00000338. The maximum atomic E-state index is 13.7. The molecule has 1 aromatic carbocycles. The topological polar surface area (TPSA) is 54.7 Å². The number of hydrogen-bond acceptors (Lipinski definition) is 3. The monoisotopic (exact) mass is 475 g/mol. The molecular formula is C18H27FIN5O. The lowest BCUT2D eigenvalue weighted by Crippen LogP contribution is -2.39. The van der Waals surface area contributed by atoms with Gasteiger partial charge in [0.05, 0.1) is 12.7 Å². The van der Waals surface area contributed by atoms with E-state index in [-0.39, 0.29) is 41.6 Å². The second-order valence-electron chi connectivity index (χ2n) is 5.93. The zero-order chi connectivity index (χ0) is 18.2. The van der Waals surface area contributed by atoms with E-state index in [1.54, 1.807) is 22.9 Å². The number of rotatable bonds is 7. The highest BCUT2D eigenvalue weighted by Gasteiger charge is 2.11. The molecule has 1 unspecified atom stereocenters. The molecule has 0 fully saturated rings. The molecular weight excluding hydrogens is 448 g/mol. The van der Waals surface area contributed by atoms with Gasteiger partial charge >= 0.3 is 0 Å². The van der Waals surface area contributed by atoms with Crippen molar-refractivity contribution in [2.75, 3.05) is 20.1 Å². The molecule has 0 amide bonds. The largest absolute Gasteiger partial charge is 0.486 e. The third-order valence-corrected chi connectivity index (χ3v) is 3.54. The summed E-state index contributed by atoms with van der Waals surface area (Å²) in [6.07, 6.45) is 3.57. The zero-order valence-corrected chi connectivity index (χ0v) is 18.0. The van der Waals surface area contributed by atoms with Gasteiger partial charge in [0.25, 0.3) is 0 Å². The summed E-state index contributed by atoms with van der Waals surface area (Å²) in [5, 5.41) is 7.44. The average Bonchev–Trinajstić information content (AvgIpc) is 2.98. The molecule has 0 radical (unpaired) electrons. The quantitative estimate of drug-likeness (QED) is 0.380. The fourth-order valence-corrected chi connectivity index (χ4v) is 2.38. The Bertz CT molecular complexity index is 706. The van der Waals surface area contributed by atoms with Crippen molar-refractivity contribution >= 4 is 29.9 Å². The Morgan fingerprint density at radius 3 is 2.77 bits per heavy atom. The van der Waals surface area contributed by atoms with Crippen LogP contribution in [0, 0.1) is 5.82 Å². The number of aryl methyl sites for hydroxylation is 1. The van der Waals surface area contributed by atoms with Crippen molar-refractivity contribution in [3.8, 4) is 5.75 Å². The minimum atomic E-state index is -0.362. The number of aliphatic imine (C=N–C) groups is 1. The lowest BCUT2D eigenvalue weighted by molar-refractivity contribution is 0.219. The molecule has 8 heteroatoms. The minimum Gasteiger partial charge on any atom is -0.486 e. The van der Waals surface area contributed by atoms with Crippen LogP contribution in [0.4, 0.5) is 4.39 Å². The highest BCUT2D eigenvalue weighted by molar-refractivity contribution is 14.0. The van der Waals surface area contributed by atoms with Crippen LogP contribution in [0.5, 0.6) is 5.75 Å². The summed E-state index contributed by atoms with van der Waals surface area (Å²) >= 11 is 0. The first kappa shape index (κ1) is 22.2. The number of nitrogens with zero attached hydrogens (tertiary/aromatic N) is 4. The first-order valence-corrected chi connectivity index (χ1v) is 8.37. The van der Waals surface area contributed by atoms with E-state index in [9.17, 15) is 4.39 Å². The van der Waals surface area contributed by atoms with Crippen LogP contribution >= 0.6 is 24.0 Å². The summed E-state index contributed by atoms with van der Waals surface area (Å²) < 4.78 is 21.1. The van der Waals surface area contributed by atoms with Crippen LogP contribution in [0.1, 0.15) is 19.4 Å². The Kier molecular flexibility index (Phi) is 9.39. The van der Waals surface area contributed by atoms with Crippen LogP contribution in [0.2, 0.25) is 0 Å². The van der Waals surface area contributed by atoms with Crippen molar-refractivity contribution in [1.29, 1.82) is 0 Å². The normalized spacial score (nSPS) is 12.3. The van der Waals surface area contributed by atoms with E-state index in [1.807, 2.05) is 45.2 Å². The molecule has 0 saturated carbocycles. The molecule has 144 valence electrons. The third kappa shape index (κ3) is 6.81. The second-order valence-corrected chi connectivity index (χ2v) is 5.93. The number of nitrogens with one attached hydrogen (secondary N) is 1. The van der Waals surface area contributed by atoms with E-state index in [0.29, 0.717) is 13.1 Å². The summed E-state index contributed by atoms with van der Waals surface area (Å²) in [6.45, 7) is 5.78. The van der Waals surface area contributed by atoms with Gasteiger partial charge in [-0.2, -0.15) is 5.10 Å². The van der Waals surface area contributed by atoms with E-state index < -0.39 is 0 Å². The molecule has 0 aliphatic rings. The van der Waals surface area contributed by atoms with E-state index in [1.165, 1.54) is 6.07 Å². The number of aromatic nitrogens is 2. The number of ether oxygens (including phenoxy) is 1. The van der Waals surface area contributed by atoms with Crippen molar-refractivity contribution in [1.82, 2.24) is 20.0 Å². The summed E-state index contributed by atoms with van der Waals surface area (Å²) in [6, 6.07) is 6.40. The molecule has 1 aromatic heterocycles. The van der Waals surface area contributed by atoms with Gasteiger partial charge in [-0.25, -0.2) is 9.38 Å². The standard InChI is InChI=1S/C18H26FN5O.HI/c1-5-20-18(23(3)12-15-11-22-24(4)13-15)21-10-14(2)25-17-9-7-6-8-16(17)19;/h6-9,11,13-14H,5,10,12H2,1-4H3,(H,20,21);1H. The zero-order valence-electron chi connectivity index (χ0n) is 15.6. The van der Waals surface area contributed by atoms with Gasteiger partial charge in [-0.1, -0.05) is 12.1 Å². The maximum absolute atomic E-state index is 13.7. The summed E-state index contributed by atoms with van der Waals surface area (Å²) in [4.78, 5) is 6.62. The minimum absolute atomic E-state index is 0.